The normalized spacial score (nSPS) is 11.6. The van der Waals surface area contributed by atoms with Crippen LogP contribution in [0.15, 0.2) is 72.8 Å². The molecule has 4 N–H and O–H groups in total. The van der Waals surface area contributed by atoms with Crippen LogP contribution in [0.25, 0.3) is 55.6 Å². The highest BCUT2D eigenvalue weighted by Gasteiger charge is 2.12. The van der Waals surface area contributed by atoms with E-state index in [4.69, 9.17) is 4.98 Å². The number of rotatable bonds is 7. The summed E-state index contributed by atoms with van der Waals surface area (Å²) in [6.45, 7) is 1.35. The summed E-state index contributed by atoms with van der Waals surface area (Å²) in [5, 5.41) is 14.3. The Kier molecular flexibility index (Phi) is 6.05. The predicted octanol–water partition coefficient (Wildman–Crippen LogP) is 4.92. The van der Waals surface area contributed by atoms with E-state index in [1.807, 2.05) is 49.3 Å². The van der Waals surface area contributed by atoms with Crippen LogP contribution in [0.5, 0.6) is 0 Å². The maximum Gasteiger partial charge on any atom is 0.335 e. The van der Waals surface area contributed by atoms with E-state index in [0.29, 0.717) is 29.0 Å². The van der Waals surface area contributed by atoms with Crippen molar-refractivity contribution < 1.29 is 14.7 Å². The van der Waals surface area contributed by atoms with Gasteiger partial charge in [0, 0.05) is 29.8 Å². The average Bonchev–Trinajstić information content (AvgIpc) is 3.55. The number of likely N-dealkylation sites (N-methyl/N-ethyl adjacent to an activating group) is 1. The van der Waals surface area contributed by atoms with Crippen LogP contribution >= 0.6 is 0 Å². The molecule has 1 amide bonds. The third-order valence-electron chi connectivity index (χ3n) is 6.71. The smallest absolute Gasteiger partial charge is 0.335 e. The first-order valence-corrected chi connectivity index (χ1v) is 12.5. The number of carbonyl (C=O) groups is 2. The molecule has 0 fully saturated rings. The van der Waals surface area contributed by atoms with Gasteiger partial charge in [-0.15, -0.1) is 0 Å². The third kappa shape index (κ3) is 4.83. The summed E-state index contributed by atoms with van der Waals surface area (Å²) < 4.78 is 0. The molecule has 0 aliphatic heterocycles. The van der Waals surface area contributed by atoms with Gasteiger partial charge < -0.3 is 25.3 Å². The Morgan fingerprint density at radius 2 is 1.41 bits per heavy atom. The van der Waals surface area contributed by atoms with Crippen molar-refractivity contribution in [3.63, 3.8) is 0 Å². The fourth-order valence-corrected chi connectivity index (χ4v) is 4.60. The van der Waals surface area contributed by atoms with Gasteiger partial charge in [-0.1, -0.05) is 24.3 Å². The molecule has 0 saturated heterocycles. The topological polar surface area (TPSA) is 127 Å². The average molecular weight is 519 g/mol. The van der Waals surface area contributed by atoms with Crippen LogP contribution in [0.3, 0.4) is 0 Å². The summed E-state index contributed by atoms with van der Waals surface area (Å²) in [5.74, 6) is 0.321. The summed E-state index contributed by atoms with van der Waals surface area (Å²) in [5.41, 5.74) is 5.63. The lowest BCUT2D eigenvalue weighted by Gasteiger charge is -2.10. The second-order valence-corrected chi connectivity index (χ2v) is 9.78. The van der Waals surface area contributed by atoms with Gasteiger partial charge in [-0.25, -0.2) is 14.8 Å². The van der Waals surface area contributed by atoms with E-state index >= 15 is 0 Å². The highest BCUT2D eigenvalue weighted by atomic mass is 16.4. The predicted molar refractivity (Wildman–Crippen MR) is 152 cm³/mol. The standard InChI is InChI=1S/C30H26N6O3/c1-36(2)12-11-31-29(37)21-7-9-23-25(15-21)34-27(32-23)19-5-3-18-14-20(6-4-17(18)13-19)28-33-24-10-8-22(30(38)39)16-26(24)35-28/h3-10,13-16H,11-12H2,1-2H3,(H,31,37)(H,32,34)(H,33,35)(H,38,39). The number of fused-ring (bicyclic) bond motifs is 3. The van der Waals surface area contributed by atoms with Crippen molar-refractivity contribution in [1.82, 2.24) is 30.2 Å². The van der Waals surface area contributed by atoms with E-state index < -0.39 is 5.97 Å². The van der Waals surface area contributed by atoms with Crippen molar-refractivity contribution in [2.75, 3.05) is 27.2 Å². The molecule has 194 valence electrons. The fourth-order valence-electron chi connectivity index (χ4n) is 4.60. The van der Waals surface area contributed by atoms with Crippen molar-refractivity contribution in [2.24, 2.45) is 0 Å². The number of aromatic amines is 2. The van der Waals surface area contributed by atoms with E-state index in [9.17, 15) is 14.7 Å². The number of benzene rings is 4. The van der Waals surface area contributed by atoms with Gasteiger partial charge >= 0.3 is 5.97 Å². The zero-order valence-electron chi connectivity index (χ0n) is 21.4. The fraction of sp³-hybridized carbons (Fsp3) is 0.133. The zero-order valence-corrected chi connectivity index (χ0v) is 21.4. The van der Waals surface area contributed by atoms with Crippen molar-refractivity contribution in [3.05, 3.63) is 83.9 Å². The Morgan fingerprint density at radius 3 is 2.08 bits per heavy atom. The van der Waals surface area contributed by atoms with E-state index in [1.165, 1.54) is 0 Å². The molecule has 0 spiro atoms. The SMILES string of the molecule is CN(C)CCNC(=O)c1ccc2[nH]c(-c3ccc4cc(-c5nc6ccc(C(=O)O)cc6[nH]5)ccc4c3)nc2c1. The second kappa shape index (κ2) is 9.70. The minimum absolute atomic E-state index is 0.114. The molecular weight excluding hydrogens is 492 g/mol. The van der Waals surface area contributed by atoms with E-state index in [1.54, 1.807) is 30.3 Å². The number of aromatic carboxylic acids is 1. The van der Waals surface area contributed by atoms with Gasteiger partial charge in [-0.2, -0.15) is 0 Å². The Balaban J connectivity index is 1.26. The first-order chi connectivity index (χ1) is 18.8. The van der Waals surface area contributed by atoms with Crippen LogP contribution in [0.4, 0.5) is 0 Å². The number of hydrogen-bond donors (Lipinski definition) is 4. The molecule has 0 bridgehead atoms. The number of amides is 1. The number of hydrogen-bond acceptors (Lipinski definition) is 5. The van der Waals surface area contributed by atoms with Crippen molar-refractivity contribution in [3.8, 4) is 22.8 Å². The van der Waals surface area contributed by atoms with E-state index in [-0.39, 0.29) is 11.5 Å². The van der Waals surface area contributed by atoms with Gasteiger partial charge in [0.1, 0.15) is 11.6 Å². The molecule has 0 aliphatic carbocycles. The van der Waals surface area contributed by atoms with Crippen LogP contribution in [0.2, 0.25) is 0 Å². The number of imidazole rings is 2. The molecule has 0 unspecified atom stereocenters. The van der Waals surface area contributed by atoms with Crippen LogP contribution in [-0.4, -0.2) is 69.0 Å². The maximum absolute atomic E-state index is 12.5. The van der Waals surface area contributed by atoms with Gasteiger partial charge in [-0.3, -0.25) is 4.79 Å². The second-order valence-electron chi connectivity index (χ2n) is 9.78. The molecule has 39 heavy (non-hydrogen) atoms. The third-order valence-corrected chi connectivity index (χ3v) is 6.71. The first kappa shape index (κ1) is 24.3. The number of carbonyl (C=O) groups excluding carboxylic acids is 1. The van der Waals surface area contributed by atoms with Gasteiger partial charge in [0.25, 0.3) is 5.91 Å². The molecule has 0 radical (unpaired) electrons. The zero-order chi connectivity index (χ0) is 27.1. The Morgan fingerprint density at radius 1 is 0.769 bits per heavy atom. The molecule has 2 heterocycles. The summed E-state index contributed by atoms with van der Waals surface area (Å²) in [4.78, 5) is 41.8. The molecule has 9 nitrogen and oxygen atoms in total. The van der Waals surface area contributed by atoms with E-state index in [0.717, 1.165) is 45.3 Å². The number of carboxylic acids is 1. The van der Waals surface area contributed by atoms with Gasteiger partial charge in [0.05, 0.1) is 27.6 Å². The molecule has 0 aliphatic rings. The molecule has 6 rings (SSSR count). The van der Waals surface area contributed by atoms with Crippen LogP contribution in [0, 0.1) is 0 Å². The van der Waals surface area contributed by atoms with Gasteiger partial charge in [0.2, 0.25) is 0 Å². The summed E-state index contributed by atoms with van der Waals surface area (Å²) in [6.07, 6.45) is 0. The summed E-state index contributed by atoms with van der Waals surface area (Å²) in [7, 11) is 3.94. The lowest BCUT2D eigenvalue weighted by molar-refractivity contribution is 0.0696. The maximum atomic E-state index is 12.5. The molecule has 6 aromatic rings. The largest absolute Gasteiger partial charge is 0.478 e. The van der Waals surface area contributed by atoms with Crippen LogP contribution in [0.1, 0.15) is 20.7 Å². The Hall–Kier alpha value is -5.02. The first-order valence-electron chi connectivity index (χ1n) is 12.5. The number of H-pyrrole nitrogens is 2. The molecule has 2 aromatic heterocycles. The molecule has 4 aromatic carbocycles. The van der Waals surface area contributed by atoms with Crippen molar-refractivity contribution in [2.45, 2.75) is 0 Å². The number of aromatic nitrogens is 4. The summed E-state index contributed by atoms with van der Waals surface area (Å²) in [6, 6.07) is 22.5. The molecule has 0 saturated carbocycles. The highest BCUT2D eigenvalue weighted by molar-refractivity contribution is 5.98. The van der Waals surface area contributed by atoms with Crippen LogP contribution in [-0.2, 0) is 0 Å². The molecular formula is C30H26N6O3. The van der Waals surface area contributed by atoms with Crippen molar-refractivity contribution in [1.29, 1.82) is 0 Å². The minimum atomic E-state index is -0.972. The number of nitrogens with zero attached hydrogens (tertiary/aromatic N) is 3. The number of nitrogens with one attached hydrogen (secondary N) is 3. The Bertz CT molecular complexity index is 1880. The number of carboxylic acid groups (broad SMARTS) is 1. The van der Waals surface area contributed by atoms with E-state index in [2.05, 4.69) is 32.4 Å². The lowest BCUT2D eigenvalue weighted by Crippen LogP contribution is -2.31. The van der Waals surface area contributed by atoms with Gasteiger partial charge in [0.15, 0.2) is 0 Å². The molecule has 0 atom stereocenters. The Labute approximate surface area is 223 Å². The molecule has 9 heteroatoms. The minimum Gasteiger partial charge on any atom is -0.478 e. The lowest BCUT2D eigenvalue weighted by atomic mass is 10.0. The van der Waals surface area contributed by atoms with Crippen LogP contribution < -0.4 is 5.32 Å². The highest BCUT2D eigenvalue weighted by Crippen LogP contribution is 2.29. The van der Waals surface area contributed by atoms with Crippen molar-refractivity contribution >= 4 is 44.7 Å². The summed E-state index contributed by atoms with van der Waals surface area (Å²) >= 11 is 0. The van der Waals surface area contributed by atoms with Gasteiger partial charge in [-0.05, 0) is 73.4 Å². The quantitative estimate of drug-likeness (QED) is 0.238. The monoisotopic (exact) mass is 518 g/mol.